The van der Waals surface area contributed by atoms with Gasteiger partial charge >= 0.3 is 0 Å². The number of amides is 1. The van der Waals surface area contributed by atoms with Crippen molar-refractivity contribution < 1.29 is 13.2 Å². The normalized spacial score (nSPS) is 20.3. The van der Waals surface area contributed by atoms with E-state index in [0.29, 0.717) is 18.5 Å². The van der Waals surface area contributed by atoms with E-state index in [1.165, 1.54) is 0 Å². The Kier molecular flexibility index (Phi) is 4.44. The fraction of sp³-hybridized carbons (Fsp3) is 0.357. The highest BCUT2D eigenvalue weighted by atomic mass is 32.2. The molecule has 20 heavy (non-hydrogen) atoms. The van der Waals surface area contributed by atoms with E-state index in [-0.39, 0.29) is 23.5 Å². The highest BCUT2D eigenvalue weighted by molar-refractivity contribution is 7.91. The van der Waals surface area contributed by atoms with Crippen LogP contribution in [0, 0.1) is 0 Å². The Hall–Kier alpha value is -1.82. The minimum atomic E-state index is -2.88. The fourth-order valence-corrected chi connectivity index (χ4v) is 3.80. The van der Waals surface area contributed by atoms with Crippen molar-refractivity contribution in [3.05, 3.63) is 42.5 Å². The van der Waals surface area contributed by atoms with Crippen LogP contribution >= 0.6 is 0 Å². The van der Waals surface area contributed by atoms with E-state index in [1.54, 1.807) is 30.3 Å². The zero-order chi connectivity index (χ0) is 14.6. The van der Waals surface area contributed by atoms with Crippen LogP contribution in [0.1, 0.15) is 16.8 Å². The summed E-state index contributed by atoms with van der Waals surface area (Å²) in [6.07, 6.45) is 2.25. The third-order valence-electron chi connectivity index (χ3n) is 3.16. The summed E-state index contributed by atoms with van der Waals surface area (Å²) in [7, 11) is -2.88. The van der Waals surface area contributed by atoms with E-state index >= 15 is 0 Å². The SMILES string of the molecule is C=CCNC(=O)c1ccc(NC2CCS(=O)(=O)C2)cc1. The molecule has 1 heterocycles. The van der Waals surface area contributed by atoms with Crippen molar-refractivity contribution in [3.8, 4) is 0 Å². The molecule has 0 bridgehead atoms. The molecule has 0 radical (unpaired) electrons. The summed E-state index contributed by atoms with van der Waals surface area (Å²) in [5, 5.41) is 5.87. The average Bonchev–Trinajstić information content (AvgIpc) is 2.76. The van der Waals surface area contributed by atoms with Gasteiger partial charge in [-0.2, -0.15) is 0 Å². The number of hydrogen-bond donors (Lipinski definition) is 2. The molecule has 1 aliphatic heterocycles. The van der Waals surface area contributed by atoms with Crippen LogP contribution in [0.3, 0.4) is 0 Å². The molecule has 1 fully saturated rings. The van der Waals surface area contributed by atoms with Gasteiger partial charge in [0.1, 0.15) is 0 Å². The average molecular weight is 294 g/mol. The van der Waals surface area contributed by atoms with Gasteiger partial charge in [-0.15, -0.1) is 6.58 Å². The molecule has 1 unspecified atom stereocenters. The predicted molar refractivity (Wildman–Crippen MR) is 79.7 cm³/mol. The maximum atomic E-state index is 11.7. The molecule has 1 saturated heterocycles. The first kappa shape index (κ1) is 14.6. The molecular formula is C14H18N2O3S. The third kappa shape index (κ3) is 3.84. The van der Waals surface area contributed by atoms with Crippen molar-refractivity contribution >= 4 is 21.4 Å². The van der Waals surface area contributed by atoms with Crippen LogP contribution in [0.15, 0.2) is 36.9 Å². The maximum absolute atomic E-state index is 11.7. The monoisotopic (exact) mass is 294 g/mol. The molecule has 0 aromatic heterocycles. The van der Waals surface area contributed by atoms with Crippen molar-refractivity contribution in [1.29, 1.82) is 0 Å². The van der Waals surface area contributed by atoms with Crippen molar-refractivity contribution in [1.82, 2.24) is 5.32 Å². The lowest BCUT2D eigenvalue weighted by Gasteiger charge is -2.12. The van der Waals surface area contributed by atoms with Gasteiger partial charge in [-0.1, -0.05) is 6.08 Å². The summed E-state index contributed by atoms with van der Waals surface area (Å²) < 4.78 is 22.7. The summed E-state index contributed by atoms with van der Waals surface area (Å²) >= 11 is 0. The second kappa shape index (κ2) is 6.09. The van der Waals surface area contributed by atoms with E-state index in [9.17, 15) is 13.2 Å². The molecule has 1 aliphatic rings. The lowest BCUT2D eigenvalue weighted by atomic mass is 10.1. The highest BCUT2D eigenvalue weighted by Crippen LogP contribution is 2.18. The number of hydrogen-bond acceptors (Lipinski definition) is 4. The van der Waals surface area contributed by atoms with Gasteiger partial charge in [0, 0.05) is 23.8 Å². The van der Waals surface area contributed by atoms with Gasteiger partial charge in [-0.3, -0.25) is 4.79 Å². The molecule has 1 aromatic rings. The van der Waals surface area contributed by atoms with E-state index in [1.807, 2.05) is 0 Å². The zero-order valence-corrected chi connectivity index (χ0v) is 11.9. The number of rotatable bonds is 5. The van der Waals surface area contributed by atoms with Crippen LogP contribution in [0.4, 0.5) is 5.69 Å². The second-order valence-corrected chi connectivity index (χ2v) is 7.05. The molecule has 1 aromatic carbocycles. The van der Waals surface area contributed by atoms with Gasteiger partial charge in [0.05, 0.1) is 11.5 Å². The number of anilines is 1. The first-order valence-corrected chi connectivity index (χ1v) is 8.28. The largest absolute Gasteiger partial charge is 0.381 e. The Morgan fingerprint density at radius 2 is 2.05 bits per heavy atom. The van der Waals surface area contributed by atoms with Crippen LogP contribution in [0.5, 0.6) is 0 Å². The summed E-state index contributed by atoms with van der Waals surface area (Å²) in [6, 6.07) is 6.95. The fourth-order valence-electron chi connectivity index (χ4n) is 2.13. The van der Waals surface area contributed by atoms with Gasteiger partial charge in [0.2, 0.25) is 0 Å². The molecule has 0 saturated carbocycles. The first-order valence-electron chi connectivity index (χ1n) is 6.46. The highest BCUT2D eigenvalue weighted by Gasteiger charge is 2.27. The molecular weight excluding hydrogens is 276 g/mol. The number of nitrogens with one attached hydrogen (secondary N) is 2. The van der Waals surface area contributed by atoms with Crippen molar-refractivity contribution in [2.45, 2.75) is 12.5 Å². The lowest BCUT2D eigenvalue weighted by molar-refractivity contribution is 0.0958. The number of benzene rings is 1. The minimum absolute atomic E-state index is 0.0413. The molecule has 5 nitrogen and oxygen atoms in total. The summed E-state index contributed by atoms with van der Waals surface area (Å²) in [4.78, 5) is 11.7. The molecule has 108 valence electrons. The first-order chi connectivity index (χ1) is 9.50. The number of carbonyl (C=O) groups excluding carboxylic acids is 1. The smallest absolute Gasteiger partial charge is 0.251 e. The zero-order valence-electron chi connectivity index (χ0n) is 11.1. The molecule has 1 atom stereocenters. The molecule has 0 aliphatic carbocycles. The Labute approximate surface area is 119 Å². The van der Waals surface area contributed by atoms with E-state index in [4.69, 9.17) is 0 Å². The van der Waals surface area contributed by atoms with Gasteiger partial charge in [-0.05, 0) is 30.7 Å². The summed E-state index contributed by atoms with van der Waals surface area (Å²) in [5.41, 5.74) is 1.39. The third-order valence-corrected chi connectivity index (χ3v) is 4.93. The predicted octanol–water partition coefficient (Wildman–Crippen LogP) is 1.20. The van der Waals surface area contributed by atoms with Crippen molar-refractivity contribution in [2.24, 2.45) is 0 Å². The van der Waals surface area contributed by atoms with E-state index in [2.05, 4.69) is 17.2 Å². The lowest BCUT2D eigenvalue weighted by Crippen LogP contribution is -2.23. The van der Waals surface area contributed by atoms with Crippen LogP contribution < -0.4 is 10.6 Å². The van der Waals surface area contributed by atoms with Crippen LogP contribution in [0.25, 0.3) is 0 Å². The summed E-state index contributed by atoms with van der Waals surface area (Å²) in [6.45, 7) is 3.97. The molecule has 1 amide bonds. The standard InChI is InChI=1S/C14H18N2O3S/c1-2-8-15-14(17)11-3-5-12(6-4-11)16-13-7-9-20(18,19)10-13/h2-6,13,16H,1,7-10H2,(H,15,17). The van der Waals surface area contributed by atoms with E-state index < -0.39 is 9.84 Å². The van der Waals surface area contributed by atoms with Gasteiger partial charge in [0.25, 0.3) is 5.91 Å². The quantitative estimate of drug-likeness (QED) is 0.800. The molecule has 6 heteroatoms. The number of carbonyl (C=O) groups is 1. The Bertz CT molecular complexity index is 593. The van der Waals surface area contributed by atoms with E-state index in [0.717, 1.165) is 5.69 Å². The minimum Gasteiger partial charge on any atom is -0.381 e. The topological polar surface area (TPSA) is 75.3 Å². The van der Waals surface area contributed by atoms with Crippen LogP contribution in [0.2, 0.25) is 0 Å². The Morgan fingerprint density at radius 1 is 1.35 bits per heavy atom. The summed E-state index contributed by atoms with van der Waals surface area (Å²) in [5.74, 6) is 0.265. The van der Waals surface area contributed by atoms with Crippen molar-refractivity contribution in [3.63, 3.8) is 0 Å². The molecule has 0 spiro atoms. The van der Waals surface area contributed by atoms with Gasteiger partial charge in [-0.25, -0.2) is 8.42 Å². The van der Waals surface area contributed by atoms with Crippen LogP contribution in [-0.2, 0) is 9.84 Å². The van der Waals surface area contributed by atoms with Crippen LogP contribution in [-0.4, -0.2) is 38.4 Å². The second-order valence-electron chi connectivity index (χ2n) is 4.82. The Balaban J connectivity index is 1.95. The van der Waals surface area contributed by atoms with Crippen molar-refractivity contribution in [2.75, 3.05) is 23.4 Å². The van der Waals surface area contributed by atoms with Gasteiger partial charge in [0.15, 0.2) is 9.84 Å². The molecule has 2 N–H and O–H groups in total. The molecule has 2 rings (SSSR count). The number of sulfone groups is 1. The van der Waals surface area contributed by atoms with Gasteiger partial charge < -0.3 is 10.6 Å². The Morgan fingerprint density at radius 3 is 2.60 bits per heavy atom. The maximum Gasteiger partial charge on any atom is 0.251 e.